The molecule has 0 aromatic carbocycles. The Bertz CT molecular complexity index is 333. The van der Waals surface area contributed by atoms with Crippen LogP contribution in [0.15, 0.2) is 12.2 Å². The summed E-state index contributed by atoms with van der Waals surface area (Å²) in [6, 6.07) is 0. The van der Waals surface area contributed by atoms with Crippen LogP contribution >= 0.6 is 0 Å². The minimum atomic E-state index is -0.478. The quantitative estimate of drug-likeness (QED) is 0.736. The van der Waals surface area contributed by atoms with Crippen molar-refractivity contribution in [1.82, 2.24) is 0 Å². The first-order chi connectivity index (χ1) is 8.85. The van der Waals surface area contributed by atoms with Gasteiger partial charge >= 0.3 is 11.9 Å². The molecule has 0 spiro atoms. The maximum atomic E-state index is 11.5. The molecule has 4 heteroatoms. The second-order valence-corrected chi connectivity index (χ2v) is 6.00. The van der Waals surface area contributed by atoms with Crippen LogP contribution in [-0.2, 0) is 19.1 Å². The third-order valence-electron chi connectivity index (χ3n) is 3.80. The molecule has 0 unspecified atom stereocenters. The average Bonchev–Trinajstić information content (AvgIpc) is 2.40. The summed E-state index contributed by atoms with van der Waals surface area (Å²) >= 11 is 0. The van der Waals surface area contributed by atoms with Gasteiger partial charge in [-0.1, -0.05) is 34.1 Å². The second kappa shape index (κ2) is 6.73. The normalized spacial score (nSPS) is 21.4. The molecule has 0 aliphatic carbocycles. The largest absolute Gasteiger partial charge is 0.462 e. The molecule has 0 aromatic heterocycles. The van der Waals surface area contributed by atoms with Crippen molar-refractivity contribution in [2.75, 3.05) is 13.2 Å². The fourth-order valence-corrected chi connectivity index (χ4v) is 2.05. The van der Waals surface area contributed by atoms with Gasteiger partial charge in [-0.2, -0.15) is 0 Å². The highest BCUT2D eigenvalue weighted by atomic mass is 16.5. The summed E-state index contributed by atoms with van der Waals surface area (Å²) in [5.74, 6) is -0.125. The first-order valence-electron chi connectivity index (χ1n) is 6.87. The molecule has 1 aliphatic heterocycles. The second-order valence-electron chi connectivity index (χ2n) is 6.00. The van der Waals surface area contributed by atoms with Crippen LogP contribution < -0.4 is 0 Å². The van der Waals surface area contributed by atoms with Crippen molar-refractivity contribution in [3.8, 4) is 0 Å². The molecule has 1 aliphatic rings. The van der Waals surface area contributed by atoms with E-state index in [0.717, 1.165) is 25.0 Å². The molecule has 0 saturated heterocycles. The fourth-order valence-electron chi connectivity index (χ4n) is 2.05. The molecule has 0 atom stereocenters. The number of esters is 2. The Morgan fingerprint density at radius 2 is 1.53 bits per heavy atom. The van der Waals surface area contributed by atoms with Gasteiger partial charge in [0.1, 0.15) is 13.2 Å². The van der Waals surface area contributed by atoms with Crippen LogP contribution in [0.1, 0.15) is 40.5 Å². The summed E-state index contributed by atoms with van der Waals surface area (Å²) < 4.78 is 10.5. The Morgan fingerprint density at radius 1 is 1.05 bits per heavy atom. The van der Waals surface area contributed by atoms with E-state index in [9.17, 15) is 9.59 Å². The van der Waals surface area contributed by atoms with Gasteiger partial charge in [0.25, 0.3) is 0 Å². The summed E-state index contributed by atoms with van der Waals surface area (Å²) in [4.78, 5) is 22.9. The van der Waals surface area contributed by atoms with E-state index in [0.29, 0.717) is 19.1 Å². The minimum Gasteiger partial charge on any atom is -0.462 e. The fraction of sp³-hybridized carbons (Fsp3) is 0.733. The van der Waals surface area contributed by atoms with Gasteiger partial charge in [-0.25, -0.2) is 9.59 Å². The van der Waals surface area contributed by atoms with Gasteiger partial charge in [0.15, 0.2) is 0 Å². The first-order valence-corrected chi connectivity index (χ1v) is 6.87. The van der Waals surface area contributed by atoms with Crippen LogP contribution in [0.5, 0.6) is 0 Å². The molecular weight excluding hydrogens is 244 g/mol. The van der Waals surface area contributed by atoms with Crippen molar-refractivity contribution in [2.24, 2.45) is 17.3 Å². The number of carbonyl (C=O) groups excluding carboxylic acids is 2. The summed E-state index contributed by atoms with van der Waals surface area (Å²) in [6.07, 6.45) is 4.14. The van der Waals surface area contributed by atoms with Crippen molar-refractivity contribution in [2.45, 2.75) is 40.5 Å². The van der Waals surface area contributed by atoms with Crippen LogP contribution in [-0.4, -0.2) is 25.2 Å². The van der Waals surface area contributed by atoms with E-state index in [-0.39, 0.29) is 11.3 Å². The van der Waals surface area contributed by atoms with Crippen molar-refractivity contribution in [1.29, 1.82) is 0 Å². The number of hydrogen-bond donors (Lipinski definition) is 0. The summed E-state index contributed by atoms with van der Waals surface area (Å²) in [7, 11) is 0. The highest BCUT2D eigenvalue weighted by molar-refractivity contribution is 5.91. The Hall–Kier alpha value is -1.32. The topological polar surface area (TPSA) is 52.6 Å². The van der Waals surface area contributed by atoms with Crippen molar-refractivity contribution >= 4 is 11.9 Å². The minimum absolute atomic E-state index is 0.268. The lowest BCUT2D eigenvalue weighted by molar-refractivity contribution is -0.149. The number of cyclic esters (lactones) is 2. The molecule has 0 bridgehead atoms. The van der Waals surface area contributed by atoms with Crippen molar-refractivity contribution < 1.29 is 19.1 Å². The molecule has 0 aromatic rings. The van der Waals surface area contributed by atoms with Crippen LogP contribution in [0, 0.1) is 17.3 Å². The lowest BCUT2D eigenvalue weighted by atomic mass is 9.74. The monoisotopic (exact) mass is 268 g/mol. The zero-order valence-electron chi connectivity index (χ0n) is 12.3. The standard InChI is InChI=1S/C15H24O4/c1-11(2)7-8-15(12(3)4)9-18-13(16)5-6-14(17)19-10-15/h5-6,11-12H,7-10H2,1-4H3/b6-5-. The van der Waals surface area contributed by atoms with Gasteiger partial charge in [-0.15, -0.1) is 0 Å². The van der Waals surface area contributed by atoms with Gasteiger partial charge in [0.05, 0.1) is 0 Å². The average molecular weight is 268 g/mol. The summed E-state index contributed by atoms with van der Waals surface area (Å²) in [5, 5.41) is 0. The van der Waals surface area contributed by atoms with Gasteiger partial charge < -0.3 is 9.47 Å². The molecule has 0 saturated carbocycles. The highest BCUT2D eigenvalue weighted by Crippen LogP contribution is 2.35. The Kier molecular flexibility index (Phi) is 5.58. The molecule has 1 rings (SSSR count). The Labute approximate surface area is 115 Å². The summed E-state index contributed by atoms with van der Waals surface area (Å²) in [5.41, 5.74) is -0.290. The van der Waals surface area contributed by atoms with Gasteiger partial charge in [0, 0.05) is 17.6 Å². The van der Waals surface area contributed by atoms with E-state index >= 15 is 0 Å². The van der Waals surface area contributed by atoms with Gasteiger partial charge in [0.2, 0.25) is 0 Å². The molecule has 0 fully saturated rings. The maximum absolute atomic E-state index is 11.5. The first kappa shape index (κ1) is 15.7. The van der Waals surface area contributed by atoms with Crippen LogP contribution in [0.4, 0.5) is 0 Å². The smallest absolute Gasteiger partial charge is 0.331 e. The molecular formula is C15H24O4. The predicted octanol–water partition coefficient (Wildman–Crippen LogP) is 2.72. The molecule has 0 N–H and O–H groups in total. The van der Waals surface area contributed by atoms with Gasteiger partial charge in [-0.05, 0) is 18.3 Å². The molecule has 1 heterocycles. The molecule has 108 valence electrons. The highest BCUT2D eigenvalue weighted by Gasteiger charge is 2.37. The molecule has 0 radical (unpaired) electrons. The zero-order valence-corrected chi connectivity index (χ0v) is 12.3. The lowest BCUT2D eigenvalue weighted by Crippen LogP contribution is -2.38. The van der Waals surface area contributed by atoms with E-state index in [1.165, 1.54) is 0 Å². The van der Waals surface area contributed by atoms with Crippen LogP contribution in [0.2, 0.25) is 0 Å². The SMILES string of the molecule is CC(C)CCC1(C(C)C)COC(=O)/C=C\C(=O)OC1. The van der Waals surface area contributed by atoms with Gasteiger partial charge in [-0.3, -0.25) is 0 Å². The zero-order chi connectivity index (χ0) is 14.5. The molecule has 0 amide bonds. The van der Waals surface area contributed by atoms with Crippen LogP contribution in [0.25, 0.3) is 0 Å². The Morgan fingerprint density at radius 3 is 1.89 bits per heavy atom. The van der Waals surface area contributed by atoms with E-state index < -0.39 is 11.9 Å². The summed E-state index contributed by atoms with van der Waals surface area (Å²) in [6.45, 7) is 9.06. The number of rotatable bonds is 4. The number of hydrogen-bond acceptors (Lipinski definition) is 4. The van der Waals surface area contributed by atoms with E-state index in [1.54, 1.807) is 0 Å². The third kappa shape index (κ3) is 4.69. The number of carbonyl (C=O) groups is 2. The van der Waals surface area contributed by atoms with E-state index in [4.69, 9.17) is 9.47 Å². The van der Waals surface area contributed by atoms with Crippen molar-refractivity contribution in [3.05, 3.63) is 12.2 Å². The van der Waals surface area contributed by atoms with E-state index in [1.807, 2.05) is 0 Å². The van der Waals surface area contributed by atoms with E-state index in [2.05, 4.69) is 27.7 Å². The molecule has 19 heavy (non-hydrogen) atoms. The predicted molar refractivity (Wildman–Crippen MR) is 72.4 cm³/mol. The lowest BCUT2D eigenvalue weighted by Gasteiger charge is -2.36. The van der Waals surface area contributed by atoms with Crippen molar-refractivity contribution in [3.63, 3.8) is 0 Å². The third-order valence-corrected chi connectivity index (χ3v) is 3.80. The number of ether oxygens (including phenoxy) is 2. The Balaban J connectivity index is 2.87. The van der Waals surface area contributed by atoms with Crippen LogP contribution in [0.3, 0.4) is 0 Å². The maximum Gasteiger partial charge on any atom is 0.331 e. The molecule has 4 nitrogen and oxygen atoms in total.